The standard InChI is InChI=1S/C4H7Br2O/c5-3-1-2-4(6)7/h7H,1-3H2. The minimum absolute atomic E-state index is 0.340. The average Bonchev–Trinajstić information content (AvgIpc) is 1.61. The zero-order valence-corrected chi connectivity index (χ0v) is 7.00. The average molecular weight is 231 g/mol. The van der Waals surface area contributed by atoms with E-state index in [1.54, 1.807) is 0 Å². The molecular formula is C4H7Br2O. The largest absolute Gasteiger partial charge is 0.375 e. The summed E-state index contributed by atoms with van der Waals surface area (Å²) in [6, 6.07) is 0. The summed E-state index contributed by atoms with van der Waals surface area (Å²) in [5.74, 6) is 0. The number of alkyl halides is 1. The first-order valence-electron chi connectivity index (χ1n) is 2.03. The van der Waals surface area contributed by atoms with Crippen molar-refractivity contribution in [2.45, 2.75) is 12.8 Å². The highest BCUT2D eigenvalue weighted by atomic mass is 79.9. The SMILES string of the molecule is O[C](Br)CCCBr. The Labute approximate surface area is 60.4 Å². The van der Waals surface area contributed by atoms with Crippen molar-refractivity contribution in [2.75, 3.05) is 5.33 Å². The molecule has 0 unspecified atom stereocenters. The molecule has 0 aliphatic rings. The lowest BCUT2D eigenvalue weighted by atomic mass is 10.4. The van der Waals surface area contributed by atoms with Crippen molar-refractivity contribution in [2.24, 2.45) is 0 Å². The minimum atomic E-state index is 0.340. The van der Waals surface area contributed by atoms with Gasteiger partial charge in [-0.2, -0.15) is 0 Å². The van der Waals surface area contributed by atoms with E-state index in [0.717, 1.165) is 18.2 Å². The molecule has 1 nitrogen and oxygen atoms in total. The van der Waals surface area contributed by atoms with Gasteiger partial charge in [-0.1, -0.05) is 31.9 Å². The number of hydrogen-bond donors (Lipinski definition) is 1. The van der Waals surface area contributed by atoms with Gasteiger partial charge in [-0.25, -0.2) is 0 Å². The molecule has 0 aromatic rings. The van der Waals surface area contributed by atoms with Gasteiger partial charge in [-0.15, -0.1) is 0 Å². The summed E-state index contributed by atoms with van der Waals surface area (Å²) >= 11 is 6.16. The minimum Gasteiger partial charge on any atom is -0.375 e. The van der Waals surface area contributed by atoms with E-state index in [4.69, 9.17) is 5.11 Å². The topological polar surface area (TPSA) is 20.2 Å². The van der Waals surface area contributed by atoms with Gasteiger partial charge in [-0.05, 0) is 12.8 Å². The van der Waals surface area contributed by atoms with Crippen molar-refractivity contribution in [3.05, 3.63) is 5.01 Å². The molecule has 0 aromatic carbocycles. The third-order valence-electron chi connectivity index (χ3n) is 0.517. The first-order chi connectivity index (χ1) is 3.27. The molecule has 0 aromatic heterocycles. The summed E-state index contributed by atoms with van der Waals surface area (Å²) in [6.45, 7) is 0. The van der Waals surface area contributed by atoms with Crippen LogP contribution in [0.3, 0.4) is 0 Å². The molecule has 0 bridgehead atoms. The maximum absolute atomic E-state index is 8.50. The van der Waals surface area contributed by atoms with Crippen LogP contribution in [-0.2, 0) is 0 Å². The molecule has 0 aliphatic carbocycles. The Morgan fingerprint density at radius 3 is 2.29 bits per heavy atom. The summed E-state index contributed by atoms with van der Waals surface area (Å²) in [7, 11) is 0. The van der Waals surface area contributed by atoms with Gasteiger partial charge in [0.15, 0.2) is 5.01 Å². The van der Waals surface area contributed by atoms with Crippen LogP contribution in [0, 0.1) is 5.01 Å². The second-order valence-electron chi connectivity index (χ2n) is 1.17. The zero-order valence-electron chi connectivity index (χ0n) is 3.82. The Kier molecular flexibility index (Phi) is 5.73. The van der Waals surface area contributed by atoms with E-state index in [9.17, 15) is 0 Å². The number of hydrogen-bond acceptors (Lipinski definition) is 1. The number of rotatable bonds is 3. The van der Waals surface area contributed by atoms with Gasteiger partial charge < -0.3 is 5.11 Å². The van der Waals surface area contributed by atoms with Crippen molar-refractivity contribution in [3.63, 3.8) is 0 Å². The van der Waals surface area contributed by atoms with Crippen molar-refractivity contribution in [1.82, 2.24) is 0 Å². The molecule has 0 amide bonds. The first kappa shape index (κ1) is 7.92. The van der Waals surface area contributed by atoms with E-state index in [0.29, 0.717) is 5.01 Å². The summed E-state index contributed by atoms with van der Waals surface area (Å²) in [5, 5.41) is 9.78. The van der Waals surface area contributed by atoms with Gasteiger partial charge in [0.05, 0.1) is 0 Å². The highest BCUT2D eigenvalue weighted by molar-refractivity contribution is 9.11. The Hall–Kier alpha value is 0.920. The van der Waals surface area contributed by atoms with Gasteiger partial charge in [0.25, 0.3) is 0 Å². The molecule has 0 atom stereocenters. The lowest BCUT2D eigenvalue weighted by Gasteiger charge is -1.94. The molecule has 1 radical (unpaired) electrons. The smallest absolute Gasteiger partial charge is 0.157 e. The molecule has 0 aliphatic heterocycles. The third kappa shape index (κ3) is 6.92. The predicted octanol–water partition coefficient (Wildman–Crippen LogP) is 2.42. The predicted molar refractivity (Wildman–Crippen MR) is 37.1 cm³/mol. The van der Waals surface area contributed by atoms with Gasteiger partial charge in [0, 0.05) is 5.33 Å². The summed E-state index contributed by atoms with van der Waals surface area (Å²) < 4.78 is 0. The highest BCUT2D eigenvalue weighted by Gasteiger charge is 1.94. The molecular weight excluding hydrogens is 224 g/mol. The van der Waals surface area contributed by atoms with E-state index >= 15 is 0 Å². The van der Waals surface area contributed by atoms with Gasteiger partial charge in [-0.3, -0.25) is 0 Å². The molecule has 1 N–H and O–H groups in total. The maximum Gasteiger partial charge on any atom is 0.157 e. The van der Waals surface area contributed by atoms with Crippen molar-refractivity contribution < 1.29 is 5.11 Å². The third-order valence-corrected chi connectivity index (χ3v) is 1.47. The number of halogens is 2. The summed E-state index contributed by atoms with van der Waals surface area (Å²) in [5.41, 5.74) is 0. The highest BCUT2D eigenvalue weighted by Crippen LogP contribution is 2.12. The molecule has 7 heavy (non-hydrogen) atoms. The molecule has 3 heteroatoms. The number of aliphatic hydroxyl groups excluding tert-OH is 1. The quantitative estimate of drug-likeness (QED) is 0.739. The Balaban J connectivity index is 2.68. The fourth-order valence-electron chi connectivity index (χ4n) is 0.213. The van der Waals surface area contributed by atoms with Crippen LogP contribution in [0.2, 0.25) is 0 Å². The van der Waals surface area contributed by atoms with E-state index in [2.05, 4.69) is 31.9 Å². The molecule has 0 spiro atoms. The van der Waals surface area contributed by atoms with Crippen LogP contribution in [0.25, 0.3) is 0 Å². The number of aliphatic hydroxyl groups is 1. The molecule has 0 rings (SSSR count). The van der Waals surface area contributed by atoms with Crippen LogP contribution in [0.5, 0.6) is 0 Å². The van der Waals surface area contributed by atoms with E-state index in [-0.39, 0.29) is 0 Å². The van der Waals surface area contributed by atoms with Gasteiger partial charge >= 0.3 is 0 Å². The summed E-state index contributed by atoms with van der Waals surface area (Å²) in [4.78, 5) is 0. The van der Waals surface area contributed by atoms with Gasteiger partial charge in [0.2, 0.25) is 0 Å². The molecule has 0 heterocycles. The molecule has 0 fully saturated rings. The van der Waals surface area contributed by atoms with Crippen LogP contribution >= 0.6 is 31.9 Å². The summed E-state index contributed by atoms with van der Waals surface area (Å²) in [6.07, 6.45) is 1.72. The van der Waals surface area contributed by atoms with E-state index in [1.807, 2.05) is 0 Å². The second-order valence-corrected chi connectivity index (χ2v) is 2.88. The molecule has 0 saturated heterocycles. The monoisotopic (exact) mass is 229 g/mol. The van der Waals surface area contributed by atoms with Crippen molar-refractivity contribution in [3.8, 4) is 0 Å². The van der Waals surface area contributed by atoms with Gasteiger partial charge in [0.1, 0.15) is 0 Å². The van der Waals surface area contributed by atoms with E-state index < -0.39 is 0 Å². The first-order valence-corrected chi connectivity index (χ1v) is 3.95. The molecule has 43 valence electrons. The van der Waals surface area contributed by atoms with Crippen molar-refractivity contribution in [1.29, 1.82) is 0 Å². The molecule has 0 saturated carbocycles. The normalized spacial score (nSPS) is 10.3. The maximum atomic E-state index is 8.50. The fourth-order valence-corrected chi connectivity index (χ4v) is 0.773. The van der Waals surface area contributed by atoms with Crippen molar-refractivity contribution >= 4 is 31.9 Å². The van der Waals surface area contributed by atoms with Crippen LogP contribution in [-0.4, -0.2) is 10.4 Å². The van der Waals surface area contributed by atoms with Crippen LogP contribution < -0.4 is 0 Å². The fraction of sp³-hybridized carbons (Fsp3) is 0.750. The van der Waals surface area contributed by atoms with E-state index in [1.165, 1.54) is 0 Å². The lowest BCUT2D eigenvalue weighted by Crippen LogP contribution is -1.83. The van der Waals surface area contributed by atoms with Crippen LogP contribution in [0.1, 0.15) is 12.8 Å². The van der Waals surface area contributed by atoms with Crippen LogP contribution in [0.4, 0.5) is 0 Å². The lowest BCUT2D eigenvalue weighted by molar-refractivity contribution is 0.355. The van der Waals surface area contributed by atoms with Crippen LogP contribution in [0.15, 0.2) is 0 Å². The Bertz CT molecular complexity index is 38.7. The zero-order chi connectivity index (χ0) is 5.70. The second kappa shape index (κ2) is 5.06. The Morgan fingerprint density at radius 2 is 2.14 bits per heavy atom. The Morgan fingerprint density at radius 1 is 1.57 bits per heavy atom.